The van der Waals surface area contributed by atoms with Gasteiger partial charge in [0.05, 0.1) is 12.3 Å². The van der Waals surface area contributed by atoms with Gasteiger partial charge in [-0.3, -0.25) is 4.79 Å². The number of carbonyl (C=O) groups excluding carboxylic acids is 1. The first-order chi connectivity index (χ1) is 12.3. The first-order valence-electron chi connectivity index (χ1n) is 8.41. The molecule has 1 heterocycles. The SMILES string of the molecule is CCOc1ccccc1NCCC(=O)Nc1ccc2c(c1)OCCO2. The number of benzene rings is 2. The third-order valence-electron chi connectivity index (χ3n) is 3.68. The Kier molecular flexibility index (Phi) is 5.61. The van der Waals surface area contributed by atoms with Gasteiger partial charge in [-0.1, -0.05) is 12.1 Å². The number of anilines is 2. The molecular formula is C19H22N2O4. The molecule has 0 saturated carbocycles. The van der Waals surface area contributed by atoms with Crippen molar-refractivity contribution >= 4 is 17.3 Å². The second kappa shape index (κ2) is 8.28. The topological polar surface area (TPSA) is 68.8 Å². The minimum absolute atomic E-state index is 0.0712. The van der Waals surface area contributed by atoms with Crippen LogP contribution in [0.4, 0.5) is 11.4 Å². The van der Waals surface area contributed by atoms with Crippen LogP contribution in [0.1, 0.15) is 13.3 Å². The lowest BCUT2D eigenvalue weighted by Gasteiger charge is -2.19. The second-order valence-corrected chi connectivity index (χ2v) is 5.51. The number of rotatable bonds is 7. The smallest absolute Gasteiger partial charge is 0.226 e. The molecular weight excluding hydrogens is 320 g/mol. The Bertz CT molecular complexity index is 733. The van der Waals surface area contributed by atoms with Crippen molar-refractivity contribution in [1.29, 1.82) is 0 Å². The number of fused-ring (bicyclic) bond motifs is 1. The van der Waals surface area contributed by atoms with Crippen LogP contribution in [-0.4, -0.2) is 32.3 Å². The van der Waals surface area contributed by atoms with Crippen molar-refractivity contribution in [2.24, 2.45) is 0 Å². The summed E-state index contributed by atoms with van der Waals surface area (Å²) in [5, 5.41) is 6.11. The number of carbonyl (C=O) groups is 1. The van der Waals surface area contributed by atoms with E-state index in [1.54, 1.807) is 12.1 Å². The highest BCUT2D eigenvalue weighted by atomic mass is 16.6. The third kappa shape index (κ3) is 4.56. The third-order valence-corrected chi connectivity index (χ3v) is 3.68. The lowest BCUT2D eigenvalue weighted by Crippen LogP contribution is -2.18. The molecule has 1 amide bonds. The molecule has 2 aromatic carbocycles. The Labute approximate surface area is 147 Å². The van der Waals surface area contributed by atoms with Crippen LogP contribution in [0.25, 0.3) is 0 Å². The van der Waals surface area contributed by atoms with Gasteiger partial charge in [-0.15, -0.1) is 0 Å². The predicted molar refractivity (Wildman–Crippen MR) is 96.8 cm³/mol. The zero-order chi connectivity index (χ0) is 17.5. The highest BCUT2D eigenvalue weighted by Gasteiger charge is 2.12. The fraction of sp³-hybridized carbons (Fsp3) is 0.316. The lowest BCUT2D eigenvalue weighted by molar-refractivity contribution is -0.115. The fourth-order valence-corrected chi connectivity index (χ4v) is 2.55. The first kappa shape index (κ1) is 17.0. The molecule has 132 valence electrons. The quantitative estimate of drug-likeness (QED) is 0.808. The standard InChI is InChI=1S/C19H22N2O4/c1-2-23-16-6-4-3-5-15(16)20-10-9-19(22)21-14-7-8-17-18(13-14)25-12-11-24-17/h3-8,13,20H,2,9-12H2,1H3,(H,21,22). The summed E-state index contributed by atoms with van der Waals surface area (Å²) in [7, 11) is 0. The van der Waals surface area contributed by atoms with E-state index in [0.29, 0.717) is 50.0 Å². The van der Waals surface area contributed by atoms with Crippen LogP contribution >= 0.6 is 0 Å². The van der Waals surface area contributed by atoms with Gasteiger partial charge >= 0.3 is 0 Å². The van der Waals surface area contributed by atoms with E-state index in [1.807, 2.05) is 37.3 Å². The monoisotopic (exact) mass is 342 g/mol. The molecule has 0 unspecified atom stereocenters. The van der Waals surface area contributed by atoms with Crippen LogP contribution in [0.5, 0.6) is 17.2 Å². The molecule has 0 atom stereocenters. The van der Waals surface area contributed by atoms with E-state index in [-0.39, 0.29) is 5.91 Å². The highest BCUT2D eigenvalue weighted by Crippen LogP contribution is 2.32. The largest absolute Gasteiger partial charge is 0.492 e. The van der Waals surface area contributed by atoms with Gasteiger partial charge in [0.15, 0.2) is 11.5 Å². The van der Waals surface area contributed by atoms with Gasteiger partial charge in [-0.25, -0.2) is 0 Å². The number of nitrogens with one attached hydrogen (secondary N) is 2. The number of ether oxygens (including phenoxy) is 3. The van der Waals surface area contributed by atoms with Crippen LogP contribution in [0, 0.1) is 0 Å². The minimum Gasteiger partial charge on any atom is -0.492 e. The lowest BCUT2D eigenvalue weighted by atomic mass is 10.2. The van der Waals surface area contributed by atoms with Gasteiger partial charge in [-0.05, 0) is 31.2 Å². The van der Waals surface area contributed by atoms with Crippen molar-refractivity contribution in [2.75, 3.05) is 37.0 Å². The van der Waals surface area contributed by atoms with E-state index in [0.717, 1.165) is 11.4 Å². The molecule has 1 aliphatic rings. The van der Waals surface area contributed by atoms with Crippen molar-refractivity contribution in [3.05, 3.63) is 42.5 Å². The van der Waals surface area contributed by atoms with Gasteiger partial charge < -0.3 is 24.8 Å². The van der Waals surface area contributed by atoms with Gasteiger partial charge in [0.1, 0.15) is 19.0 Å². The molecule has 25 heavy (non-hydrogen) atoms. The molecule has 3 rings (SSSR count). The second-order valence-electron chi connectivity index (χ2n) is 5.51. The molecule has 2 N–H and O–H groups in total. The maximum atomic E-state index is 12.1. The average molecular weight is 342 g/mol. The first-order valence-corrected chi connectivity index (χ1v) is 8.41. The Morgan fingerprint density at radius 2 is 1.92 bits per heavy atom. The van der Waals surface area contributed by atoms with Gasteiger partial charge in [0.2, 0.25) is 5.91 Å². The Morgan fingerprint density at radius 3 is 2.76 bits per heavy atom. The maximum Gasteiger partial charge on any atom is 0.226 e. The number of hydrogen-bond donors (Lipinski definition) is 2. The molecule has 0 bridgehead atoms. The molecule has 0 aromatic heterocycles. The summed E-state index contributed by atoms with van der Waals surface area (Å²) >= 11 is 0. The summed E-state index contributed by atoms with van der Waals surface area (Å²) in [5.41, 5.74) is 1.58. The fourth-order valence-electron chi connectivity index (χ4n) is 2.55. The van der Waals surface area contributed by atoms with E-state index in [9.17, 15) is 4.79 Å². The van der Waals surface area contributed by atoms with Crippen molar-refractivity contribution in [3.8, 4) is 17.2 Å². The zero-order valence-electron chi connectivity index (χ0n) is 14.2. The van der Waals surface area contributed by atoms with Crippen molar-refractivity contribution in [2.45, 2.75) is 13.3 Å². The van der Waals surface area contributed by atoms with Crippen molar-refractivity contribution < 1.29 is 19.0 Å². The summed E-state index contributed by atoms with van der Waals surface area (Å²) in [6, 6.07) is 13.1. The summed E-state index contributed by atoms with van der Waals surface area (Å²) in [4.78, 5) is 12.1. The number of amides is 1. The van der Waals surface area contributed by atoms with Crippen LogP contribution < -0.4 is 24.8 Å². The molecule has 1 aliphatic heterocycles. The van der Waals surface area contributed by atoms with Crippen molar-refractivity contribution in [1.82, 2.24) is 0 Å². The van der Waals surface area contributed by atoms with E-state index < -0.39 is 0 Å². The molecule has 2 aromatic rings. The van der Waals surface area contributed by atoms with Crippen LogP contribution in [0.3, 0.4) is 0 Å². The van der Waals surface area contributed by atoms with E-state index in [1.165, 1.54) is 0 Å². The molecule has 0 saturated heterocycles. The van der Waals surface area contributed by atoms with Gasteiger partial charge in [0.25, 0.3) is 0 Å². The summed E-state index contributed by atoms with van der Waals surface area (Å²) in [5.74, 6) is 2.08. The predicted octanol–water partition coefficient (Wildman–Crippen LogP) is 3.30. The molecule has 6 heteroatoms. The molecule has 0 spiro atoms. The Balaban J connectivity index is 1.50. The Morgan fingerprint density at radius 1 is 1.12 bits per heavy atom. The van der Waals surface area contributed by atoms with Crippen molar-refractivity contribution in [3.63, 3.8) is 0 Å². The average Bonchev–Trinajstić information content (AvgIpc) is 2.63. The van der Waals surface area contributed by atoms with Crippen LogP contribution in [-0.2, 0) is 4.79 Å². The van der Waals surface area contributed by atoms with Crippen LogP contribution in [0.15, 0.2) is 42.5 Å². The molecule has 0 radical (unpaired) electrons. The number of hydrogen-bond acceptors (Lipinski definition) is 5. The Hall–Kier alpha value is -2.89. The normalized spacial score (nSPS) is 12.4. The zero-order valence-corrected chi connectivity index (χ0v) is 14.2. The minimum atomic E-state index is -0.0712. The molecule has 0 aliphatic carbocycles. The van der Waals surface area contributed by atoms with Gasteiger partial charge in [0, 0.05) is 24.7 Å². The van der Waals surface area contributed by atoms with Crippen LogP contribution in [0.2, 0.25) is 0 Å². The summed E-state index contributed by atoms with van der Waals surface area (Å²) in [6.07, 6.45) is 0.342. The molecule has 0 fully saturated rings. The number of para-hydroxylation sites is 2. The highest BCUT2D eigenvalue weighted by molar-refractivity contribution is 5.91. The molecule has 6 nitrogen and oxygen atoms in total. The van der Waals surface area contributed by atoms with E-state index in [2.05, 4.69) is 10.6 Å². The van der Waals surface area contributed by atoms with Gasteiger partial charge in [-0.2, -0.15) is 0 Å². The summed E-state index contributed by atoms with van der Waals surface area (Å²) < 4.78 is 16.5. The maximum absolute atomic E-state index is 12.1. The summed E-state index contributed by atoms with van der Waals surface area (Å²) in [6.45, 7) is 4.13. The van der Waals surface area contributed by atoms with E-state index >= 15 is 0 Å². The van der Waals surface area contributed by atoms with E-state index in [4.69, 9.17) is 14.2 Å².